The van der Waals surface area contributed by atoms with E-state index in [1.165, 1.54) is 17.4 Å². The van der Waals surface area contributed by atoms with E-state index in [-0.39, 0.29) is 30.5 Å². The van der Waals surface area contributed by atoms with Crippen molar-refractivity contribution in [2.75, 3.05) is 6.54 Å². The molecule has 9 heteroatoms. The van der Waals surface area contributed by atoms with Crippen molar-refractivity contribution in [3.8, 4) is 5.75 Å². The van der Waals surface area contributed by atoms with Gasteiger partial charge in [0.25, 0.3) is 5.91 Å². The summed E-state index contributed by atoms with van der Waals surface area (Å²) < 4.78 is 30.0. The van der Waals surface area contributed by atoms with Crippen LogP contribution in [-0.2, 0) is 11.3 Å². The smallest absolute Gasteiger partial charge is 0.387 e. The quantitative estimate of drug-likeness (QED) is 0.573. The molecule has 140 valence electrons. The molecular formula is C17H17BrF2N2O3S. The van der Waals surface area contributed by atoms with E-state index in [9.17, 15) is 18.4 Å². The van der Waals surface area contributed by atoms with Crippen LogP contribution in [0.25, 0.3) is 0 Å². The number of amides is 2. The molecule has 2 N–H and O–H groups in total. The summed E-state index contributed by atoms with van der Waals surface area (Å²) in [6.07, 6.45) is 0.686. The van der Waals surface area contributed by atoms with Gasteiger partial charge in [0.05, 0.1) is 4.88 Å². The molecule has 2 aromatic rings. The number of ether oxygens (including phenoxy) is 1. The van der Waals surface area contributed by atoms with Crippen molar-refractivity contribution in [1.29, 1.82) is 0 Å². The van der Waals surface area contributed by atoms with Gasteiger partial charge < -0.3 is 15.4 Å². The summed E-state index contributed by atoms with van der Waals surface area (Å²) in [6, 6.07) is 8.13. The van der Waals surface area contributed by atoms with Crippen molar-refractivity contribution >= 4 is 39.1 Å². The Hall–Kier alpha value is -2.00. The number of hydrogen-bond donors (Lipinski definition) is 2. The van der Waals surface area contributed by atoms with Crippen LogP contribution in [0.15, 0.2) is 40.2 Å². The van der Waals surface area contributed by atoms with Crippen LogP contribution in [0.3, 0.4) is 0 Å². The normalized spacial score (nSPS) is 10.6. The van der Waals surface area contributed by atoms with Crippen molar-refractivity contribution in [3.05, 3.63) is 50.6 Å². The van der Waals surface area contributed by atoms with E-state index in [4.69, 9.17) is 0 Å². The van der Waals surface area contributed by atoms with E-state index in [1.807, 2.05) is 5.38 Å². The lowest BCUT2D eigenvalue weighted by atomic mass is 10.2. The average molecular weight is 447 g/mol. The summed E-state index contributed by atoms with van der Waals surface area (Å²) >= 11 is 4.60. The summed E-state index contributed by atoms with van der Waals surface area (Å²) in [5.41, 5.74) is 0.444. The monoisotopic (exact) mass is 446 g/mol. The summed E-state index contributed by atoms with van der Waals surface area (Å²) in [5.74, 6) is -0.381. The van der Waals surface area contributed by atoms with Gasteiger partial charge in [0.2, 0.25) is 5.91 Å². The Morgan fingerprint density at radius 3 is 2.73 bits per heavy atom. The number of nitrogens with one attached hydrogen (secondary N) is 2. The van der Waals surface area contributed by atoms with Gasteiger partial charge in [0.15, 0.2) is 0 Å². The summed E-state index contributed by atoms with van der Waals surface area (Å²) in [4.78, 5) is 24.2. The fourth-order valence-electron chi connectivity index (χ4n) is 2.13. The molecule has 0 aliphatic carbocycles. The third kappa shape index (κ3) is 6.72. The number of halogens is 3. The number of rotatable bonds is 9. The van der Waals surface area contributed by atoms with E-state index in [1.54, 1.807) is 24.3 Å². The van der Waals surface area contributed by atoms with Crippen LogP contribution in [-0.4, -0.2) is 25.0 Å². The molecule has 0 aliphatic heterocycles. The minimum atomic E-state index is -2.93. The van der Waals surface area contributed by atoms with Crippen molar-refractivity contribution in [1.82, 2.24) is 10.6 Å². The molecule has 2 amide bonds. The molecule has 26 heavy (non-hydrogen) atoms. The molecule has 0 fully saturated rings. The molecule has 0 unspecified atom stereocenters. The van der Waals surface area contributed by atoms with Gasteiger partial charge in [-0.3, -0.25) is 9.59 Å². The lowest BCUT2D eigenvalue weighted by Crippen LogP contribution is -2.27. The third-order valence-electron chi connectivity index (χ3n) is 3.33. The number of carbonyl (C=O) groups excluding carboxylic acids is 2. The standard InChI is InChI=1S/C17H17BrF2N2O3S/c18-12-5-6-13(25-17(19)20)11(9-12)10-22-15(23)4-1-7-21-16(24)14-3-2-8-26-14/h2-3,5-6,8-9,17H,1,4,7,10H2,(H,21,24)(H,22,23). The molecular weight excluding hydrogens is 430 g/mol. The number of carbonyl (C=O) groups is 2. The first-order valence-corrected chi connectivity index (χ1v) is 9.44. The molecule has 0 bridgehead atoms. The SMILES string of the molecule is O=C(CCCNC(=O)c1cccs1)NCc1cc(Br)ccc1OC(F)F. The zero-order chi connectivity index (χ0) is 18.9. The molecule has 1 aromatic carbocycles. The van der Waals surface area contributed by atoms with Gasteiger partial charge in [0, 0.05) is 29.5 Å². The predicted molar refractivity (Wildman–Crippen MR) is 98.5 cm³/mol. The second-order valence-corrected chi connectivity index (χ2v) is 7.11. The van der Waals surface area contributed by atoms with Crippen LogP contribution in [0.1, 0.15) is 28.1 Å². The number of benzene rings is 1. The Morgan fingerprint density at radius 1 is 1.23 bits per heavy atom. The molecule has 1 aromatic heterocycles. The molecule has 0 aliphatic rings. The Morgan fingerprint density at radius 2 is 2.04 bits per heavy atom. The van der Waals surface area contributed by atoms with E-state index >= 15 is 0 Å². The number of alkyl halides is 2. The Bertz CT molecular complexity index is 742. The lowest BCUT2D eigenvalue weighted by molar-refractivity contribution is -0.121. The molecule has 0 saturated heterocycles. The maximum atomic E-state index is 12.4. The van der Waals surface area contributed by atoms with Gasteiger partial charge in [-0.1, -0.05) is 22.0 Å². The van der Waals surface area contributed by atoms with Gasteiger partial charge in [-0.15, -0.1) is 11.3 Å². The summed E-state index contributed by atoms with van der Waals surface area (Å²) in [5, 5.41) is 7.21. The van der Waals surface area contributed by atoms with Gasteiger partial charge in [-0.2, -0.15) is 8.78 Å². The summed E-state index contributed by atoms with van der Waals surface area (Å²) in [7, 11) is 0. The van der Waals surface area contributed by atoms with E-state index < -0.39 is 6.61 Å². The predicted octanol–water partition coefficient (Wildman–Crippen LogP) is 3.94. The zero-order valence-corrected chi connectivity index (χ0v) is 16.0. The molecule has 2 rings (SSSR count). The molecule has 0 atom stereocenters. The number of hydrogen-bond acceptors (Lipinski definition) is 4. The van der Waals surface area contributed by atoms with E-state index in [0.717, 1.165) is 0 Å². The van der Waals surface area contributed by atoms with E-state index in [0.29, 0.717) is 27.9 Å². The van der Waals surface area contributed by atoms with Gasteiger partial charge >= 0.3 is 6.61 Å². The maximum absolute atomic E-state index is 12.4. The van der Waals surface area contributed by atoms with Gasteiger partial charge in [-0.25, -0.2) is 0 Å². The first kappa shape index (κ1) is 20.3. The molecule has 0 saturated carbocycles. The highest BCUT2D eigenvalue weighted by molar-refractivity contribution is 9.10. The lowest BCUT2D eigenvalue weighted by Gasteiger charge is -2.12. The van der Waals surface area contributed by atoms with Crippen molar-refractivity contribution in [2.24, 2.45) is 0 Å². The third-order valence-corrected chi connectivity index (χ3v) is 4.69. The molecule has 1 heterocycles. The fraction of sp³-hybridized carbons (Fsp3) is 0.294. The molecule has 0 radical (unpaired) electrons. The second-order valence-electron chi connectivity index (χ2n) is 5.24. The van der Waals surface area contributed by atoms with Crippen LogP contribution in [0.2, 0.25) is 0 Å². The fourth-order valence-corrected chi connectivity index (χ4v) is 3.17. The average Bonchev–Trinajstić information content (AvgIpc) is 3.13. The minimum absolute atomic E-state index is 0.0201. The largest absolute Gasteiger partial charge is 0.434 e. The van der Waals surface area contributed by atoms with E-state index in [2.05, 4.69) is 31.3 Å². The molecule has 0 spiro atoms. The van der Waals surface area contributed by atoms with Crippen LogP contribution in [0.5, 0.6) is 5.75 Å². The van der Waals surface area contributed by atoms with Gasteiger partial charge in [-0.05, 0) is 36.1 Å². The minimum Gasteiger partial charge on any atom is -0.434 e. The van der Waals surface area contributed by atoms with Crippen molar-refractivity contribution < 1.29 is 23.1 Å². The van der Waals surface area contributed by atoms with Crippen LogP contribution in [0.4, 0.5) is 8.78 Å². The first-order chi connectivity index (χ1) is 12.5. The summed E-state index contributed by atoms with van der Waals surface area (Å²) in [6.45, 7) is -2.49. The van der Waals surface area contributed by atoms with Crippen molar-refractivity contribution in [3.63, 3.8) is 0 Å². The van der Waals surface area contributed by atoms with Crippen LogP contribution < -0.4 is 15.4 Å². The van der Waals surface area contributed by atoms with Crippen LogP contribution >= 0.6 is 27.3 Å². The Labute approximate surface area is 161 Å². The highest BCUT2D eigenvalue weighted by Crippen LogP contribution is 2.24. The van der Waals surface area contributed by atoms with Crippen molar-refractivity contribution in [2.45, 2.75) is 26.0 Å². The highest BCUT2D eigenvalue weighted by Gasteiger charge is 2.11. The number of thiophene rings is 1. The topological polar surface area (TPSA) is 67.4 Å². The maximum Gasteiger partial charge on any atom is 0.387 e. The molecule has 5 nitrogen and oxygen atoms in total. The first-order valence-electron chi connectivity index (χ1n) is 7.77. The highest BCUT2D eigenvalue weighted by atomic mass is 79.9. The zero-order valence-electron chi connectivity index (χ0n) is 13.6. The second kappa shape index (κ2) is 10.2. The Balaban J connectivity index is 1.73. The van der Waals surface area contributed by atoms with Crippen LogP contribution in [0, 0.1) is 0 Å². The Kier molecular flexibility index (Phi) is 7.99. The van der Waals surface area contributed by atoms with Gasteiger partial charge in [0.1, 0.15) is 5.75 Å².